The predicted molar refractivity (Wildman–Crippen MR) is 73.4 cm³/mol. The Balaban J connectivity index is 2.16. The monoisotopic (exact) mass is 246 g/mol. The third-order valence-electron chi connectivity index (χ3n) is 3.88. The Morgan fingerprint density at radius 2 is 2.11 bits per heavy atom. The molecule has 0 radical (unpaired) electrons. The van der Waals surface area contributed by atoms with Crippen LogP contribution in [0, 0.1) is 6.92 Å². The van der Waals surface area contributed by atoms with Crippen molar-refractivity contribution in [2.75, 3.05) is 6.54 Å². The molecule has 3 atom stereocenters. The van der Waals surface area contributed by atoms with Crippen molar-refractivity contribution in [1.82, 2.24) is 4.90 Å². The Bertz CT molecular complexity index is 442. The minimum Gasteiger partial charge on any atom is -0.338 e. The van der Waals surface area contributed by atoms with E-state index in [-0.39, 0.29) is 11.9 Å². The molecule has 0 aliphatic carbocycles. The van der Waals surface area contributed by atoms with Crippen molar-refractivity contribution in [1.29, 1.82) is 0 Å². The van der Waals surface area contributed by atoms with Gasteiger partial charge in [-0.2, -0.15) is 0 Å². The summed E-state index contributed by atoms with van der Waals surface area (Å²) in [6.45, 7) is 6.80. The first-order valence-electron chi connectivity index (χ1n) is 6.62. The fourth-order valence-electron chi connectivity index (χ4n) is 2.87. The molecule has 1 aliphatic heterocycles. The number of nitrogens with zero attached hydrogens (tertiary/aromatic N) is 1. The van der Waals surface area contributed by atoms with Crippen LogP contribution < -0.4 is 5.73 Å². The number of rotatable bonds is 2. The number of aryl methyl sites for hydroxylation is 1. The molecule has 1 aromatic rings. The summed E-state index contributed by atoms with van der Waals surface area (Å²) in [5, 5.41) is 0. The van der Waals surface area contributed by atoms with Crippen LogP contribution in [0.5, 0.6) is 0 Å². The van der Waals surface area contributed by atoms with Gasteiger partial charge in [0.25, 0.3) is 0 Å². The molecule has 98 valence electrons. The molecule has 1 aromatic carbocycles. The van der Waals surface area contributed by atoms with Crippen LogP contribution in [0.1, 0.15) is 37.3 Å². The lowest BCUT2D eigenvalue weighted by atomic mass is 9.93. The molecule has 2 N–H and O–H groups in total. The van der Waals surface area contributed by atoms with Gasteiger partial charge in [0.1, 0.15) is 0 Å². The van der Waals surface area contributed by atoms with Crippen LogP contribution in [-0.2, 0) is 4.79 Å². The van der Waals surface area contributed by atoms with E-state index >= 15 is 0 Å². The Hall–Kier alpha value is -1.35. The van der Waals surface area contributed by atoms with E-state index < -0.39 is 6.04 Å². The second kappa shape index (κ2) is 5.11. The van der Waals surface area contributed by atoms with Crippen LogP contribution in [0.2, 0.25) is 0 Å². The maximum absolute atomic E-state index is 12.0. The van der Waals surface area contributed by atoms with Crippen molar-refractivity contribution in [3.05, 3.63) is 35.4 Å². The van der Waals surface area contributed by atoms with Crippen LogP contribution >= 0.6 is 0 Å². The van der Waals surface area contributed by atoms with Crippen LogP contribution in [0.15, 0.2) is 24.3 Å². The van der Waals surface area contributed by atoms with E-state index in [9.17, 15) is 4.79 Å². The Morgan fingerprint density at radius 1 is 1.44 bits per heavy atom. The highest BCUT2D eigenvalue weighted by atomic mass is 16.2. The van der Waals surface area contributed by atoms with Crippen molar-refractivity contribution in [3.63, 3.8) is 0 Å². The first-order valence-corrected chi connectivity index (χ1v) is 6.62. The average molecular weight is 246 g/mol. The summed E-state index contributed by atoms with van der Waals surface area (Å²) < 4.78 is 0. The molecule has 0 aromatic heterocycles. The van der Waals surface area contributed by atoms with Crippen LogP contribution in [-0.4, -0.2) is 29.4 Å². The van der Waals surface area contributed by atoms with E-state index in [1.807, 2.05) is 4.90 Å². The molecule has 0 saturated carbocycles. The number of hydrogen-bond acceptors (Lipinski definition) is 2. The van der Waals surface area contributed by atoms with Gasteiger partial charge in [0.15, 0.2) is 0 Å². The van der Waals surface area contributed by atoms with Crippen LogP contribution in [0.4, 0.5) is 0 Å². The van der Waals surface area contributed by atoms with Gasteiger partial charge < -0.3 is 10.6 Å². The molecular weight excluding hydrogens is 224 g/mol. The van der Waals surface area contributed by atoms with Gasteiger partial charge in [-0.3, -0.25) is 4.79 Å². The number of likely N-dealkylation sites (tertiary alicyclic amines) is 1. The molecular formula is C15H22N2O. The van der Waals surface area contributed by atoms with Crippen molar-refractivity contribution in [2.24, 2.45) is 5.73 Å². The minimum atomic E-state index is -0.400. The Labute approximate surface area is 109 Å². The zero-order valence-electron chi connectivity index (χ0n) is 11.4. The summed E-state index contributed by atoms with van der Waals surface area (Å²) in [5.41, 5.74) is 8.38. The molecule has 3 unspecified atom stereocenters. The van der Waals surface area contributed by atoms with Crippen molar-refractivity contribution in [3.8, 4) is 0 Å². The topological polar surface area (TPSA) is 46.3 Å². The van der Waals surface area contributed by atoms with Gasteiger partial charge in [-0.05, 0) is 38.3 Å². The van der Waals surface area contributed by atoms with Gasteiger partial charge in [-0.1, -0.05) is 24.3 Å². The van der Waals surface area contributed by atoms with Gasteiger partial charge in [0, 0.05) is 18.5 Å². The lowest BCUT2D eigenvalue weighted by molar-refractivity contribution is -0.132. The van der Waals surface area contributed by atoms with Gasteiger partial charge in [-0.15, -0.1) is 0 Å². The number of benzene rings is 1. The normalized spacial score (nSPS) is 25.2. The van der Waals surface area contributed by atoms with Gasteiger partial charge in [-0.25, -0.2) is 0 Å². The first kappa shape index (κ1) is 13.1. The largest absolute Gasteiger partial charge is 0.338 e. The first-order chi connectivity index (χ1) is 8.50. The van der Waals surface area contributed by atoms with E-state index in [0.717, 1.165) is 13.0 Å². The van der Waals surface area contributed by atoms with Gasteiger partial charge in [0.2, 0.25) is 5.91 Å². The molecule has 18 heavy (non-hydrogen) atoms. The fourth-order valence-corrected chi connectivity index (χ4v) is 2.87. The molecule has 0 bridgehead atoms. The second-order valence-electron chi connectivity index (χ2n) is 5.42. The van der Waals surface area contributed by atoms with E-state index in [1.165, 1.54) is 11.1 Å². The molecule has 1 amide bonds. The van der Waals surface area contributed by atoms with E-state index in [1.54, 1.807) is 6.92 Å². The molecule has 3 nitrogen and oxygen atoms in total. The lowest BCUT2D eigenvalue weighted by Gasteiger charge is -2.23. The summed E-state index contributed by atoms with van der Waals surface area (Å²) in [6.07, 6.45) is 1.03. The van der Waals surface area contributed by atoms with Gasteiger partial charge >= 0.3 is 0 Å². The molecule has 3 heteroatoms. The zero-order valence-corrected chi connectivity index (χ0v) is 11.4. The highest BCUT2D eigenvalue weighted by molar-refractivity contribution is 5.81. The van der Waals surface area contributed by atoms with Crippen LogP contribution in [0.3, 0.4) is 0 Å². The third kappa shape index (κ3) is 2.41. The van der Waals surface area contributed by atoms with Crippen LogP contribution in [0.25, 0.3) is 0 Å². The number of hydrogen-bond donors (Lipinski definition) is 1. The molecule has 1 heterocycles. The quantitative estimate of drug-likeness (QED) is 0.868. The molecule has 1 saturated heterocycles. The van der Waals surface area contributed by atoms with E-state index in [2.05, 4.69) is 38.1 Å². The highest BCUT2D eigenvalue weighted by Crippen LogP contribution is 2.33. The summed E-state index contributed by atoms with van der Waals surface area (Å²) in [7, 11) is 0. The fraction of sp³-hybridized carbons (Fsp3) is 0.533. The highest BCUT2D eigenvalue weighted by Gasteiger charge is 2.34. The number of amides is 1. The maximum atomic E-state index is 12.0. The summed E-state index contributed by atoms with van der Waals surface area (Å²) in [5.74, 6) is 0.516. The van der Waals surface area contributed by atoms with Crippen molar-refractivity contribution < 1.29 is 4.79 Å². The number of nitrogens with two attached hydrogens (primary N) is 1. The standard InChI is InChI=1S/C15H22N2O/c1-10-6-4-5-7-14(10)13-8-11(2)17(9-13)15(18)12(3)16/h4-7,11-13H,8-9,16H2,1-3H3. The minimum absolute atomic E-state index is 0.0681. The Morgan fingerprint density at radius 3 is 2.72 bits per heavy atom. The second-order valence-corrected chi connectivity index (χ2v) is 5.42. The van der Waals surface area contributed by atoms with E-state index in [0.29, 0.717) is 5.92 Å². The number of carbonyl (C=O) groups excluding carboxylic acids is 1. The van der Waals surface area contributed by atoms with E-state index in [4.69, 9.17) is 5.73 Å². The molecule has 1 aliphatic rings. The maximum Gasteiger partial charge on any atom is 0.239 e. The summed E-state index contributed by atoms with van der Waals surface area (Å²) in [4.78, 5) is 14.0. The van der Waals surface area contributed by atoms with Crippen molar-refractivity contribution >= 4 is 5.91 Å². The smallest absolute Gasteiger partial charge is 0.239 e. The summed E-state index contributed by atoms with van der Waals surface area (Å²) in [6, 6.07) is 8.32. The molecule has 1 fully saturated rings. The van der Waals surface area contributed by atoms with Gasteiger partial charge in [0.05, 0.1) is 6.04 Å². The lowest BCUT2D eigenvalue weighted by Crippen LogP contribution is -2.43. The zero-order chi connectivity index (χ0) is 13.3. The Kier molecular flexibility index (Phi) is 3.71. The predicted octanol–water partition coefficient (Wildman–Crippen LogP) is 2.05. The molecule has 2 rings (SSSR count). The average Bonchev–Trinajstić information content (AvgIpc) is 2.70. The molecule has 0 spiro atoms. The SMILES string of the molecule is Cc1ccccc1C1CC(C)N(C(=O)C(C)N)C1. The third-order valence-corrected chi connectivity index (χ3v) is 3.88. The summed E-state index contributed by atoms with van der Waals surface area (Å²) >= 11 is 0. The number of carbonyl (C=O) groups is 1. The van der Waals surface area contributed by atoms with Crippen molar-refractivity contribution in [2.45, 2.75) is 45.2 Å².